The van der Waals surface area contributed by atoms with Crippen LogP contribution in [0.5, 0.6) is 0 Å². The molecule has 0 aliphatic carbocycles. The molecule has 0 bridgehead atoms. The summed E-state index contributed by atoms with van der Waals surface area (Å²) < 4.78 is 2.12. The zero-order chi connectivity index (χ0) is 11.5. The van der Waals surface area contributed by atoms with E-state index >= 15 is 0 Å². The first-order chi connectivity index (χ1) is 7.77. The lowest BCUT2D eigenvalue weighted by molar-refractivity contribution is 0.561. The Labute approximate surface area is 99.3 Å². The van der Waals surface area contributed by atoms with Crippen LogP contribution >= 0.6 is 11.8 Å². The number of rotatable bonds is 4. The maximum absolute atomic E-state index is 5.97. The quantitative estimate of drug-likeness (QED) is 0.885. The maximum Gasteiger partial charge on any atom is 0.201 e. The van der Waals surface area contributed by atoms with Crippen LogP contribution in [0.4, 0.5) is 5.95 Å². The van der Waals surface area contributed by atoms with E-state index in [1.807, 2.05) is 17.8 Å². The minimum Gasteiger partial charge on any atom is -0.369 e. The van der Waals surface area contributed by atoms with Crippen LogP contribution in [-0.2, 0) is 0 Å². The topological polar surface area (TPSA) is 56.7 Å². The van der Waals surface area contributed by atoms with Gasteiger partial charge < -0.3 is 10.3 Å². The number of anilines is 1. The molecule has 0 saturated heterocycles. The Balaban J connectivity index is 2.53. The molecular weight excluding hydrogens is 220 g/mol. The number of fused-ring (bicyclic) bond motifs is 1. The first kappa shape index (κ1) is 11.3. The summed E-state index contributed by atoms with van der Waals surface area (Å²) >= 11 is 1.83. The van der Waals surface area contributed by atoms with Gasteiger partial charge in [-0.3, -0.25) is 4.98 Å². The molecule has 1 unspecified atom stereocenters. The van der Waals surface area contributed by atoms with Crippen LogP contribution in [0, 0.1) is 0 Å². The molecule has 2 heterocycles. The van der Waals surface area contributed by atoms with Crippen molar-refractivity contribution in [1.82, 2.24) is 14.5 Å². The molecule has 2 N–H and O–H groups in total. The highest BCUT2D eigenvalue weighted by atomic mass is 32.2. The number of imidazole rings is 1. The van der Waals surface area contributed by atoms with E-state index in [-0.39, 0.29) is 0 Å². The summed E-state index contributed by atoms with van der Waals surface area (Å²) in [6, 6.07) is 2.38. The minimum absolute atomic E-state index is 0.405. The van der Waals surface area contributed by atoms with Crippen LogP contribution in [0.2, 0.25) is 0 Å². The average Bonchev–Trinajstić information content (AvgIpc) is 2.62. The molecule has 2 aromatic rings. The Hall–Kier alpha value is -1.23. The Morgan fingerprint density at radius 3 is 3.06 bits per heavy atom. The van der Waals surface area contributed by atoms with E-state index in [1.165, 1.54) is 0 Å². The van der Waals surface area contributed by atoms with Gasteiger partial charge in [-0.1, -0.05) is 6.92 Å². The molecule has 0 aliphatic heterocycles. The highest BCUT2D eigenvalue weighted by Crippen LogP contribution is 2.25. The van der Waals surface area contributed by atoms with Gasteiger partial charge >= 0.3 is 0 Å². The fraction of sp³-hybridized carbons (Fsp3) is 0.455. The van der Waals surface area contributed by atoms with Gasteiger partial charge in [0.2, 0.25) is 5.95 Å². The number of aromatic nitrogens is 3. The number of nitrogen functional groups attached to an aromatic ring is 1. The van der Waals surface area contributed by atoms with E-state index < -0.39 is 0 Å². The number of nitrogens with two attached hydrogens (primary N) is 1. The third-order valence-corrected chi connectivity index (χ3v) is 3.43. The van der Waals surface area contributed by atoms with Crippen molar-refractivity contribution in [3.63, 3.8) is 0 Å². The first-order valence-electron chi connectivity index (χ1n) is 5.34. The number of hydrogen-bond acceptors (Lipinski definition) is 4. The molecule has 5 heteroatoms. The molecule has 0 aromatic carbocycles. The van der Waals surface area contributed by atoms with Crippen LogP contribution in [0.1, 0.15) is 19.4 Å². The van der Waals surface area contributed by atoms with E-state index in [9.17, 15) is 0 Å². The van der Waals surface area contributed by atoms with Crippen molar-refractivity contribution < 1.29 is 0 Å². The Morgan fingerprint density at radius 1 is 1.56 bits per heavy atom. The van der Waals surface area contributed by atoms with Gasteiger partial charge in [0.05, 0.1) is 11.7 Å². The molecule has 0 radical (unpaired) electrons. The van der Waals surface area contributed by atoms with Crippen molar-refractivity contribution >= 4 is 28.7 Å². The standard InChI is InChI=1S/C11H16N4S/c1-3-8(7-16-2)15-10-4-5-13-6-9(10)14-11(15)12/h4-6,8H,3,7H2,1-2H3,(H2,12,14). The van der Waals surface area contributed by atoms with Crippen LogP contribution in [0.15, 0.2) is 18.5 Å². The van der Waals surface area contributed by atoms with Gasteiger partial charge in [-0.25, -0.2) is 4.98 Å². The van der Waals surface area contributed by atoms with Gasteiger partial charge in [0.1, 0.15) is 5.52 Å². The van der Waals surface area contributed by atoms with Gasteiger partial charge in [-0.05, 0) is 18.7 Å². The fourth-order valence-corrected chi connectivity index (χ4v) is 2.69. The predicted octanol–water partition coefficient (Wildman–Crippen LogP) is 2.33. The molecule has 0 aliphatic rings. The number of pyridine rings is 1. The second kappa shape index (κ2) is 4.74. The van der Waals surface area contributed by atoms with Crippen molar-refractivity contribution in [1.29, 1.82) is 0 Å². The summed E-state index contributed by atoms with van der Waals surface area (Å²) in [5, 5.41) is 0. The van der Waals surface area contributed by atoms with Crippen LogP contribution in [0.3, 0.4) is 0 Å². The molecule has 2 aromatic heterocycles. The van der Waals surface area contributed by atoms with E-state index in [2.05, 4.69) is 27.7 Å². The lowest BCUT2D eigenvalue weighted by Crippen LogP contribution is -2.13. The van der Waals surface area contributed by atoms with Crippen molar-refractivity contribution in [2.24, 2.45) is 0 Å². The van der Waals surface area contributed by atoms with Gasteiger partial charge in [-0.2, -0.15) is 11.8 Å². The Bertz CT molecular complexity index is 480. The van der Waals surface area contributed by atoms with Gasteiger partial charge in [0.15, 0.2) is 0 Å². The summed E-state index contributed by atoms with van der Waals surface area (Å²) in [5.41, 5.74) is 7.93. The second-order valence-electron chi connectivity index (χ2n) is 3.72. The predicted molar refractivity (Wildman–Crippen MR) is 69.7 cm³/mol. The molecule has 0 amide bonds. The van der Waals surface area contributed by atoms with Crippen LogP contribution in [0.25, 0.3) is 11.0 Å². The zero-order valence-corrected chi connectivity index (χ0v) is 10.4. The highest BCUT2D eigenvalue weighted by molar-refractivity contribution is 7.98. The largest absolute Gasteiger partial charge is 0.369 e. The summed E-state index contributed by atoms with van der Waals surface area (Å²) in [6.07, 6.45) is 6.71. The molecule has 86 valence electrons. The second-order valence-corrected chi connectivity index (χ2v) is 4.63. The van der Waals surface area contributed by atoms with Crippen molar-refractivity contribution in [3.05, 3.63) is 18.5 Å². The maximum atomic E-state index is 5.97. The number of nitrogens with zero attached hydrogens (tertiary/aromatic N) is 3. The van der Waals surface area contributed by atoms with Crippen LogP contribution in [-0.4, -0.2) is 26.5 Å². The van der Waals surface area contributed by atoms with E-state index in [1.54, 1.807) is 12.4 Å². The normalized spacial score (nSPS) is 13.1. The van der Waals surface area contributed by atoms with Crippen molar-refractivity contribution in [2.45, 2.75) is 19.4 Å². The molecular formula is C11H16N4S. The van der Waals surface area contributed by atoms with Crippen LogP contribution < -0.4 is 5.73 Å². The molecule has 0 fully saturated rings. The smallest absolute Gasteiger partial charge is 0.201 e. The lowest BCUT2D eigenvalue weighted by Gasteiger charge is -2.17. The molecule has 16 heavy (non-hydrogen) atoms. The minimum atomic E-state index is 0.405. The van der Waals surface area contributed by atoms with E-state index in [4.69, 9.17) is 5.73 Å². The molecule has 1 atom stereocenters. The number of hydrogen-bond donors (Lipinski definition) is 1. The monoisotopic (exact) mass is 236 g/mol. The fourth-order valence-electron chi connectivity index (χ4n) is 1.92. The SMILES string of the molecule is CCC(CSC)n1c(N)nc2cnccc21. The van der Waals surface area contributed by atoms with Crippen molar-refractivity contribution in [3.8, 4) is 0 Å². The molecule has 2 rings (SSSR count). The molecule has 0 saturated carbocycles. The lowest BCUT2D eigenvalue weighted by atomic mass is 10.2. The highest BCUT2D eigenvalue weighted by Gasteiger charge is 2.15. The third kappa shape index (κ3) is 1.87. The zero-order valence-electron chi connectivity index (χ0n) is 9.55. The Morgan fingerprint density at radius 2 is 2.38 bits per heavy atom. The van der Waals surface area contributed by atoms with E-state index in [0.29, 0.717) is 12.0 Å². The summed E-state index contributed by atoms with van der Waals surface area (Å²) in [4.78, 5) is 8.40. The van der Waals surface area contributed by atoms with Gasteiger partial charge in [0.25, 0.3) is 0 Å². The average molecular weight is 236 g/mol. The van der Waals surface area contributed by atoms with E-state index in [0.717, 1.165) is 23.2 Å². The van der Waals surface area contributed by atoms with Crippen molar-refractivity contribution in [2.75, 3.05) is 17.7 Å². The first-order valence-corrected chi connectivity index (χ1v) is 6.73. The third-order valence-electron chi connectivity index (χ3n) is 2.71. The summed E-state index contributed by atoms with van der Waals surface area (Å²) in [5.74, 6) is 1.64. The molecule has 4 nitrogen and oxygen atoms in total. The Kier molecular flexibility index (Phi) is 3.33. The van der Waals surface area contributed by atoms with Gasteiger partial charge in [-0.15, -0.1) is 0 Å². The number of thioether (sulfide) groups is 1. The summed E-state index contributed by atoms with van der Waals surface area (Å²) in [6.45, 7) is 2.17. The van der Waals surface area contributed by atoms with Gasteiger partial charge in [0, 0.05) is 18.0 Å². The summed E-state index contributed by atoms with van der Waals surface area (Å²) in [7, 11) is 0. The molecule has 0 spiro atoms.